The number of nitrogens with zero attached hydrogens (tertiary/aromatic N) is 2. The van der Waals surface area contributed by atoms with E-state index < -0.39 is 6.09 Å². The molecule has 1 saturated heterocycles. The maximum Gasteiger partial charge on any atom is 0.407 e. The van der Waals surface area contributed by atoms with Crippen molar-refractivity contribution in [2.75, 3.05) is 26.2 Å². The molecule has 1 aliphatic carbocycles. The maximum absolute atomic E-state index is 10.6. The van der Waals surface area contributed by atoms with E-state index in [1.54, 1.807) is 0 Å². The minimum absolute atomic E-state index is 0.127. The molecule has 1 saturated carbocycles. The summed E-state index contributed by atoms with van der Waals surface area (Å²) in [6, 6.07) is 0.487. The van der Waals surface area contributed by atoms with Crippen LogP contribution in [0.3, 0.4) is 0 Å². The molecule has 2 rings (SSSR count). The van der Waals surface area contributed by atoms with Crippen molar-refractivity contribution in [3.05, 3.63) is 0 Å². The summed E-state index contributed by atoms with van der Waals surface area (Å²) in [5.74, 6) is 0. The lowest BCUT2D eigenvalue weighted by Gasteiger charge is -2.44. The fourth-order valence-electron chi connectivity index (χ4n) is 2.14. The fourth-order valence-corrected chi connectivity index (χ4v) is 2.14. The molecule has 14 heavy (non-hydrogen) atoms. The van der Waals surface area contributed by atoms with Crippen LogP contribution in [0, 0.1) is 0 Å². The monoisotopic (exact) mass is 200 g/mol. The second-order valence-corrected chi connectivity index (χ2v) is 4.08. The number of carboxylic acid groups (broad SMARTS) is 1. The Morgan fingerprint density at radius 2 is 1.71 bits per heavy atom. The van der Waals surface area contributed by atoms with Gasteiger partial charge in [0.25, 0.3) is 0 Å². The van der Waals surface area contributed by atoms with Crippen LogP contribution < -0.4 is 0 Å². The van der Waals surface area contributed by atoms with Gasteiger partial charge in [0.05, 0.1) is 6.10 Å². The van der Waals surface area contributed by atoms with Crippen molar-refractivity contribution in [2.24, 2.45) is 0 Å². The van der Waals surface area contributed by atoms with Crippen LogP contribution in [-0.4, -0.2) is 64.4 Å². The molecule has 1 amide bonds. The standard InChI is InChI=1S/C9H16N2O3/c12-8-5-7(6-8)10-1-3-11(4-2-10)9(13)14/h7-8,12H,1-6H2,(H,13,14). The first-order valence-electron chi connectivity index (χ1n) is 5.07. The summed E-state index contributed by atoms with van der Waals surface area (Å²) in [6.07, 6.45) is 0.760. The van der Waals surface area contributed by atoms with Gasteiger partial charge in [0.2, 0.25) is 0 Å². The lowest BCUT2D eigenvalue weighted by atomic mass is 9.88. The van der Waals surface area contributed by atoms with Crippen LogP contribution in [0.25, 0.3) is 0 Å². The molecule has 1 heterocycles. The van der Waals surface area contributed by atoms with Crippen LogP contribution in [0.1, 0.15) is 12.8 Å². The van der Waals surface area contributed by atoms with E-state index in [9.17, 15) is 4.79 Å². The summed E-state index contributed by atoms with van der Waals surface area (Å²) in [5.41, 5.74) is 0. The fraction of sp³-hybridized carbons (Fsp3) is 0.889. The number of rotatable bonds is 1. The molecule has 0 aromatic rings. The highest BCUT2D eigenvalue weighted by Gasteiger charge is 2.34. The zero-order valence-corrected chi connectivity index (χ0v) is 8.09. The van der Waals surface area contributed by atoms with E-state index in [-0.39, 0.29) is 6.10 Å². The van der Waals surface area contributed by atoms with Crippen molar-refractivity contribution in [1.82, 2.24) is 9.80 Å². The van der Waals surface area contributed by atoms with Gasteiger partial charge in [0.1, 0.15) is 0 Å². The quantitative estimate of drug-likeness (QED) is 0.615. The SMILES string of the molecule is O=C(O)N1CCN(C2CC(O)C2)CC1. The normalized spacial score (nSPS) is 33.9. The number of aliphatic hydroxyl groups excluding tert-OH is 1. The summed E-state index contributed by atoms with van der Waals surface area (Å²) < 4.78 is 0. The molecular weight excluding hydrogens is 184 g/mol. The first-order chi connectivity index (χ1) is 6.66. The number of hydrogen-bond acceptors (Lipinski definition) is 3. The van der Waals surface area contributed by atoms with E-state index >= 15 is 0 Å². The van der Waals surface area contributed by atoms with Gasteiger partial charge in [0, 0.05) is 32.2 Å². The highest BCUT2D eigenvalue weighted by molar-refractivity contribution is 5.65. The smallest absolute Gasteiger partial charge is 0.407 e. The second-order valence-electron chi connectivity index (χ2n) is 4.08. The van der Waals surface area contributed by atoms with Crippen molar-refractivity contribution in [3.8, 4) is 0 Å². The Hall–Kier alpha value is -0.810. The minimum atomic E-state index is -0.821. The number of aliphatic hydroxyl groups is 1. The van der Waals surface area contributed by atoms with Crippen molar-refractivity contribution in [3.63, 3.8) is 0 Å². The summed E-state index contributed by atoms with van der Waals surface area (Å²) >= 11 is 0. The van der Waals surface area contributed by atoms with Crippen molar-refractivity contribution in [1.29, 1.82) is 0 Å². The molecule has 80 valence electrons. The Kier molecular flexibility index (Phi) is 2.60. The topological polar surface area (TPSA) is 64.0 Å². The summed E-state index contributed by atoms with van der Waals surface area (Å²) in [5, 5.41) is 17.9. The number of piperazine rings is 1. The number of amides is 1. The van der Waals surface area contributed by atoms with Crippen LogP contribution >= 0.6 is 0 Å². The minimum Gasteiger partial charge on any atom is -0.465 e. The summed E-state index contributed by atoms with van der Waals surface area (Å²) in [6.45, 7) is 2.82. The Balaban J connectivity index is 1.76. The molecule has 2 N–H and O–H groups in total. The van der Waals surface area contributed by atoms with Gasteiger partial charge < -0.3 is 15.1 Å². The molecule has 0 atom stereocenters. The molecule has 2 aliphatic rings. The first kappa shape index (κ1) is 9.73. The molecule has 5 heteroatoms. The van der Waals surface area contributed by atoms with Gasteiger partial charge in [0.15, 0.2) is 0 Å². The third kappa shape index (κ3) is 1.83. The molecule has 5 nitrogen and oxygen atoms in total. The predicted molar refractivity (Wildman–Crippen MR) is 50.2 cm³/mol. The molecule has 0 unspecified atom stereocenters. The van der Waals surface area contributed by atoms with E-state index in [2.05, 4.69) is 4.90 Å². The number of hydrogen-bond donors (Lipinski definition) is 2. The Bertz CT molecular complexity index is 220. The molecule has 0 aromatic heterocycles. The summed E-state index contributed by atoms with van der Waals surface area (Å²) in [7, 11) is 0. The largest absolute Gasteiger partial charge is 0.465 e. The molecule has 0 spiro atoms. The van der Waals surface area contributed by atoms with Gasteiger partial charge >= 0.3 is 6.09 Å². The van der Waals surface area contributed by atoms with Gasteiger partial charge in [-0.25, -0.2) is 4.79 Å². The van der Waals surface area contributed by atoms with E-state index in [1.807, 2.05) is 0 Å². The molecule has 0 bridgehead atoms. The van der Waals surface area contributed by atoms with E-state index in [4.69, 9.17) is 10.2 Å². The lowest BCUT2D eigenvalue weighted by Crippen LogP contribution is -2.55. The zero-order chi connectivity index (χ0) is 10.1. The van der Waals surface area contributed by atoms with Crippen LogP contribution in [0.2, 0.25) is 0 Å². The second kappa shape index (κ2) is 3.74. The summed E-state index contributed by atoms with van der Waals surface area (Å²) in [4.78, 5) is 14.4. The average molecular weight is 200 g/mol. The highest BCUT2D eigenvalue weighted by atomic mass is 16.4. The Labute approximate surface area is 82.9 Å². The predicted octanol–water partition coefficient (Wildman–Crippen LogP) is -0.195. The zero-order valence-electron chi connectivity index (χ0n) is 8.09. The van der Waals surface area contributed by atoms with E-state index in [1.165, 1.54) is 4.90 Å². The molecule has 0 aromatic carbocycles. The third-order valence-electron chi connectivity index (χ3n) is 3.19. The van der Waals surface area contributed by atoms with Gasteiger partial charge in [-0.1, -0.05) is 0 Å². The molecule has 0 radical (unpaired) electrons. The van der Waals surface area contributed by atoms with E-state index in [0.29, 0.717) is 19.1 Å². The van der Waals surface area contributed by atoms with Gasteiger partial charge in [-0.15, -0.1) is 0 Å². The molecule has 2 fully saturated rings. The highest BCUT2D eigenvalue weighted by Crippen LogP contribution is 2.26. The molecule has 1 aliphatic heterocycles. The van der Waals surface area contributed by atoms with Crippen LogP contribution in [-0.2, 0) is 0 Å². The lowest BCUT2D eigenvalue weighted by molar-refractivity contribution is -0.0156. The van der Waals surface area contributed by atoms with Crippen molar-refractivity contribution < 1.29 is 15.0 Å². The molecular formula is C9H16N2O3. The van der Waals surface area contributed by atoms with Crippen LogP contribution in [0.4, 0.5) is 4.79 Å². The van der Waals surface area contributed by atoms with Gasteiger partial charge in [-0.05, 0) is 12.8 Å². The maximum atomic E-state index is 10.6. The van der Waals surface area contributed by atoms with E-state index in [0.717, 1.165) is 25.9 Å². The Morgan fingerprint density at radius 1 is 1.14 bits per heavy atom. The van der Waals surface area contributed by atoms with Gasteiger partial charge in [-0.3, -0.25) is 4.90 Å². The average Bonchev–Trinajstić information content (AvgIpc) is 2.13. The van der Waals surface area contributed by atoms with Crippen LogP contribution in [0.5, 0.6) is 0 Å². The first-order valence-corrected chi connectivity index (χ1v) is 5.07. The van der Waals surface area contributed by atoms with Crippen molar-refractivity contribution in [2.45, 2.75) is 25.0 Å². The third-order valence-corrected chi connectivity index (χ3v) is 3.19. The van der Waals surface area contributed by atoms with Gasteiger partial charge in [-0.2, -0.15) is 0 Å². The number of carbonyl (C=O) groups is 1. The van der Waals surface area contributed by atoms with Crippen molar-refractivity contribution >= 4 is 6.09 Å². The Morgan fingerprint density at radius 3 is 2.14 bits per heavy atom. The van der Waals surface area contributed by atoms with Crippen LogP contribution in [0.15, 0.2) is 0 Å².